The van der Waals surface area contributed by atoms with E-state index in [9.17, 15) is 0 Å². The molecule has 3 nitrogen and oxygen atoms in total. The number of aliphatic imine (C=N–C) groups is 1. The predicted octanol–water partition coefficient (Wildman–Crippen LogP) is 6.51. The van der Waals surface area contributed by atoms with Gasteiger partial charge in [0.1, 0.15) is 0 Å². The molecule has 0 saturated heterocycles. The minimum Gasteiger partial charge on any atom is -0.366 e. The molecule has 1 aliphatic rings. The van der Waals surface area contributed by atoms with Gasteiger partial charge in [-0.2, -0.15) is 0 Å². The molecular formula is C26H31N3S. The molecule has 1 aliphatic carbocycles. The summed E-state index contributed by atoms with van der Waals surface area (Å²) in [5.74, 6) is 0. The van der Waals surface area contributed by atoms with Crippen molar-refractivity contribution in [3.63, 3.8) is 0 Å². The maximum Gasteiger partial charge on any atom is 0.0976 e. The number of hydrogen-bond donors (Lipinski definition) is 0. The molecule has 30 heavy (non-hydrogen) atoms. The van der Waals surface area contributed by atoms with E-state index in [1.807, 2.05) is 13.4 Å². The van der Waals surface area contributed by atoms with Crippen LogP contribution in [0.1, 0.15) is 52.6 Å². The summed E-state index contributed by atoms with van der Waals surface area (Å²) in [4.78, 5) is 11.7. The monoisotopic (exact) mass is 417 g/mol. The van der Waals surface area contributed by atoms with E-state index in [0.29, 0.717) is 0 Å². The number of aryl methyl sites for hydroxylation is 4. The Bertz CT molecular complexity index is 1040. The maximum absolute atomic E-state index is 4.96. The van der Waals surface area contributed by atoms with Crippen molar-refractivity contribution in [3.05, 3.63) is 68.5 Å². The van der Waals surface area contributed by atoms with Crippen LogP contribution < -0.4 is 0 Å². The van der Waals surface area contributed by atoms with Gasteiger partial charge in [0.2, 0.25) is 0 Å². The van der Waals surface area contributed by atoms with Gasteiger partial charge in [0.25, 0.3) is 0 Å². The minimum atomic E-state index is 0.871. The van der Waals surface area contributed by atoms with Crippen molar-refractivity contribution < 1.29 is 0 Å². The van der Waals surface area contributed by atoms with Crippen LogP contribution in [0.5, 0.6) is 0 Å². The van der Waals surface area contributed by atoms with Gasteiger partial charge < -0.3 is 4.90 Å². The van der Waals surface area contributed by atoms with E-state index in [4.69, 9.17) is 9.98 Å². The van der Waals surface area contributed by atoms with E-state index in [2.05, 4.69) is 61.4 Å². The van der Waals surface area contributed by atoms with Gasteiger partial charge in [-0.1, -0.05) is 24.3 Å². The first-order valence-corrected chi connectivity index (χ1v) is 11.8. The van der Waals surface area contributed by atoms with Gasteiger partial charge in [-0.25, -0.2) is 9.98 Å². The highest BCUT2D eigenvalue weighted by Crippen LogP contribution is 2.30. The Kier molecular flexibility index (Phi) is 6.33. The zero-order valence-electron chi connectivity index (χ0n) is 18.5. The SMILES string of the molecule is CCN(C)C=Nc1c(C)cc(Cc2nc(-c3ccc4c(c3)CCCC4)cs2)cc1C. The van der Waals surface area contributed by atoms with Gasteiger partial charge in [0.15, 0.2) is 0 Å². The maximum atomic E-state index is 4.96. The fourth-order valence-corrected chi connectivity index (χ4v) is 5.02. The molecule has 0 amide bonds. The van der Waals surface area contributed by atoms with E-state index in [0.717, 1.165) is 24.3 Å². The molecule has 0 atom stereocenters. The summed E-state index contributed by atoms with van der Waals surface area (Å²) in [6.07, 6.45) is 7.86. The quantitative estimate of drug-likeness (QED) is 0.338. The molecule has 0 aliphatic heterocycles. The Labute approximate surface area is 184 Å². The van der Waals surface area contributed by atoms with Crippen molar-refractivity contribution in [2.24, 2.45) is 4.99 Å². The van der Waals surface area contributed by atoms with Crippen LogP contribution in [0.3, 0.4) is 0 Å². The van der Waals surface area contributed by atoms with Crippen LogP contribution in [-0.4, -0.2) is 29.8 Å². The van der Waals surface area contributed by atoms with Gasteiger partial charge in [0, 0.05) is 31.0 Å². The van der Waals surface area contributed by atoms with Gasteiger partial charge in [-0.15, -0.1) is 11.3 Å². The Morgan fingerprint density at radius 1 is 1.07 bits per heavy atom. The van der Waals surface area contributed by atoms with E-state index < -0.39 is 0 Å². The number of thiazole rings is 1. The van der Waals surface area contributed by atoms with Crippen molar-refractivity contribution in [2.75, 3.05) is 13.6 Å². The molecule has 0 spiro atoms. The third-order valence-electron chi connectivity index (χ3n) is 5.98. The van der Waals surface area contributed by atoms with Crippen LogP contribution in [-0.2, 0) is 19.3 Å². The molecule has 4 rings (SSSR count). The second kappa shape index (κ2) is 9.13. The molecule has 0 saturated carbocycles. The first kappa shape index (κ1) is 20.8. The third kappa shape index (κ3) is 4.65. The van der Waals surface area contributed by atoms with E-state index in [-0.39, 0.29) is 0 Å². The predicted molar refractivity (Wildman–Crippen MR) is 129 cm³/mol. The average Bonchev–Trinajstić information content (AvgIpc) is 3.21. The van der Waals surface area contributed by atoms with Gasteiger partial charge in [0.05, 0.1) is 22.7 Å². The Morgan fingerprint density at radius 3 is 2.53 bits per heavy atom. The van der Waals surface area contributed by atoms with E-state index in [1.165, 1.54) is 64.1 Å². The van der Waals surface area contributed by atoms with Gasteiger partial charge >= 0.3 is 0 Å². The normalized spacial score (nSPS) is 13.6. The zero-order valence-corrected chi connectivity index (χ0v) is 19.4. The number of fused-ring (bicyclic) bond motifs is 1. The standard InChI is InChI=1S/C26H31N3S/c1-5-29(4)17-27-26-18(2)12-20(13-19(26)3)14-25-28-24(16-30-25)23-11-10-21-8-6-7-9-22(21)15-23/h10-13,15-17H,5-9,14H2,1-4H3. The summed E-state index contributed by atoms with van der Waals surface area (Å²) in [5.41, 5.74) is 10.2. The molecule has 2 aromatic carbocycles. The number of rotatable bonds is 6. The fourth-order valence-electron chi connectivity index (χ4n) is 4.18. The number of hydrogen-bond acceptors (Lipinski definition) is 3. The highest BCUT2D eigenvalue weighted by atomic mass is 32.1. The van der Waals surface area contributed by atoms with E-state index in [1.54, 1.807) is 11.3 Å². The zero-order chi connectivity index (χ0) is 21.1. The van der Waals surface area contributed by atoms with Crippen LogP contribution in [0.4, 0.5) is 5.69 Å². The summed E-state index contributed by atoms with van der Waals surface area (Å²) < 4.78 is 0. The summed E-state index contributed by atoms with van der Waals surface area (Å²) in [7, 11) is 2.05. The first-order chi connectivity index (χ1) is 14.5. The lowest BCUT2D eigenvalue weighted by molar-refractivity contribution is 0.552. The van der Waals surface area contributed by atoms with Crippen molar-refractivity contribution in [2.45, 2.75) is 52.9 Å². The largest absolute Gasteiger partial charge is 0.366 e. The number of aromatic nitrogens is 1. The van der Waals surface area contributed by atoms with Crippen LogP contribution in [0.25, 0.3) is 11.3 Å². The van der Waals surface area contributed by atoms with Gasteiger partial charge in [-0.05, 0) is 80.3 Å². The molecule has 0 fully saturated rings. The smallest absolute Gasteiger partial charge is 0.0976 e. The lowest BCUT2D eigenvalue weighted by Crippen LogP contribution is -2.14. The topological polar surface area (TPSA) is 28.5 Å². The van der Waals surface area contributed by atoms with Gasteiger partial charge in [-0.3, -0.25) is 0 Å². The second-order valence-electron chi connectivity index (χ2n) is 8.39. The molecule has 156 valence electrons. The molecular weight excluding hydrogens is 386 g/mol. The Balaban J connectivity index is 1.52. The number of nitrogens with zero attached hydrogens (tertiary/aromatic N) is 3. The molecule has 1 heterocycles. The summed E-state index contributed by atoms with van der Waals surface area (Å²) >= 11 is 1.76. The summed E-state index contributed by atoms with van der Waals surface area (Å²) in [5, 5.41) is 3.38. The third-order valence-corrected chi connectivity index (χ3v) is 6.83. The minimum absolute atomic E-state index is 0.871. The lowest BCUT2D eigenvalue weighted by Gasteiger charge is -2.16. The van der Waals surface area contributed by atoms with Crippen LogP contribution in [0.15, 0.2) is 40.7 Å². The first-order valence-electron chi connectivity index (χ1n) is 10.9. The van der Waals surface area contributed by atoms with Crippen LogP contribution >= 0.6 is 11.3 Å². The molecule has 0 radical (unpaired) electrons. The molecule has 0 bridgehead atoms. The lowest BCUT2D eigenvalue weighted by atomic mass is 9.90. The summed E-state index contributed by atoms with van der Waals surface area (Å²) in [6, 6.07) is 11.4. The molecule has 0 unspecified atom stereocenters. The highest BCUT2D eigenvalue weighted by molar-refractivity contribution is 7.10. The van der Waals surface area contributed by atoms with Crippen LogP contribution in [0, 0.1) is 13.8 Å². The second-order valence-corrected chi connectivity index (χ2v) is 9.33. The molecule has 4 heteroatoms. The average molecular weight is 418 g/mol. The Morgan fingerprint density at radius 2 is 1.80 bits per heavy atom. The van der Waals surface area contributed by atoms with Crippen LogP contribution in [0.2, 0.25) is 0 Å². The Hall–Kier alpha value is -2.46. The van der Waals surface area contributed by atoms with E-state index >= 15 is 0 Å². The van der Waals surface area contributed by atoms with Crippen molar-refractivity contribution in [3.8, 4) is 11.3 Å². The van der Waals surface area contributed by atoms with Crippen molar-refractivity contribution >= 4 is 23.4 Å². The molecule has 1 aromatic heterocycles. The number of benzene rings is 2. The van der Waals surface area contributed by atoms with Crippen molar-refractivity contribution in [1.82, 2.24) is 9.88 Å². The molecule has 0 N–H and O–H groups in total. The van der Waals surface area contributed by atoms with Crippen molar-refractivity contribution in [1.29, 1.82) is 0 Å². The molecule has 3 aromatic rings. The fraction of sp³-hybridized carbons (Fsp3) is 0.385. The summed E-state index contributed by atoms with van der Waals surface area (Å²) in [6.45, 7) is 7.38. The highest BCUT2D eigenvalue weighted by Gasteiger charge is 2.13.